The molecule has 2 amide bonds. The zero-order valence-corrected chi connectivity index (χ0v) is 13.8. The molecule has 0 saturated carbocycles. The molecule has 0 radical (unpaired) electrons. The maximum atomic E-state index is 12.8. The van der Waals surface area contributed by atoms with E-state index in [1.54, 1.807) is 0 Å². The first-order valence-corrected chi connectivity index (χ1v) is 7.37. The first-order chi connectivity index (χ1) is 11.6. The summed E-state index contributed by atoms with van der Waals surface area (Å²) in [6.45, 7) is 0. The number of carbonyl (C=O) groups is 2. The number of halogens is 5. The van der Waals surface area contributed by atoms with Gasteiger partial charge in [0.25, 0.3) is 0 Å². The van der Waals surface area contributed by atoms with Crippen LogP contribution in [0, 0.1) is 0 Å². The van der Waals surface area contributed by atoms with Gasteiger partial charge < -0.3 is 16.4 Å². The van der Waals surface area contributed by atoms with Gasteiger partial charge in [-0.3, -0.25) is 9.59 Å². The molecule has 0 aliphatic heterocycles. The topological polar surface area (TPSA) is 84.2 Å². The van der Waals surface area contributed by atoms with Gasteiger partial charge in [-0.25, -0.2) is 0 Å². The van der Waals surface area contributed by atoms with Crippen molar-refractivity contribution in [2.75, 3.05) is 16.4 Å². The number of amides is 2. The van der Waals surface area contributed by atoms with Crippen LogP contribution in [0.15, 0.2) is 36.4 Å². The number of anilines is 3. The summed E-state index contributed by atoms with van der Waals surface area (Å²) in [4.78, 5) is 23.7. The van der Waals surface area contributed by atoms with E-state index in [2.05, 4.69) is 10.6 Å². The summed E-state index contributed by atoms with van der Waals surface area (Å²) in [6.07, 6.45) is -4.70. The average molecular weight is 392 g/mol. The summed E-state index contributed by atoms with van der Waals surface area (Å²) in [7, 11) is 0. The molecule has 0 atom stereocenters. The van der Waals surface area contributed by atoms with Crippen LogP contribution in [0.2, 0.25) is 10.0 Å². The molecule has 10 heteroatoms. The van der Waals surface area contributed by atoms with Crippen LogP contribution in [-0.4, -0.2) is 11.8 Å². The highest BCUT2D eigenvalue weighted by Crippen LogP contribution is 2.36. The highest BCUT2D eigenvalue weighted by molar-refractivity contribution is 6.45. The van der Waals surface area contributed by atoms with Crippen molar-refractivity contribution in [3.63, 3.8) is 0 Å². The normalized spacial score (nSPS) is 11.1. The molecular formula is C15H10Cl2F3N3O2. The minimum atomic E-state index is -4.70. The highest BCUT2D eigenvalue weighted by Gasteiger charge is 2.33. The lowest BCUT2D eigenvalue weighted by Gasteiger charge is -2.12. The second kappa shape index (κ2) is 7.20. The molecule has 0 heterocycles. The first-order valence-electron chi connectivity index (χ1n) is 6.62. The number of rotatable bonds is 2. The lowest BCUT2D eigenvalue weighted by atomic mass is 10.2. The molecule has 0 aromatic heterocycles. The zero-order valence-electron chi connectivity index (χ0n) is 12.2. The van der Waals surface area contributed by atoms with Gasteiger partial charge in [0.15, 0.2) is 0 Å². The maximum absolute atomic E-state index is 12.8. The Morgan fingerprint density at radius 1 is 0.920 bits per heavy atom. The molecule has 25 heavy (non-hydrogen) atoms. The van der Waals surface area contributed by atoms with E-state index in [1.165, 1.54) is 18.2 Å². The second-order valence-corrected chi connectivity index (χ2v) is 5.65. The van der Waals surface area contributed by atoms with Crippen molar-refractivity contribution >= 4 is 52.1 Å². The van der Waals surface area contributed by atoms with Gasteiger partial charge >= 0.3 is 18.0 Å². The fraction of sp³-hybridized carbons (Fsp3) is 0.0667. The number of nitrogens with two attached hydrogens (primary N) is 1. The Morgan fingerprint density at radius 3 is 2.16 bits per heavy atom. The van der Waals surface area contributed by atoms with Crippen molar-refractivity contribution < 1.29 is 22.8 Å². The number of alkyl halides is 3. The molecule has 0 unspecified atom stereocenters. The minimum absolute atomic E-state index is 0.104. The third kappa shape index (κ3) is 4.77. The van der Waals surface area contributed by atoms with Crippen molar-refractivity contribution in [2.24, 2.45) is 0 Å². The molecule has 0 aliphatic carbocycles. The molecule has 2 aromatic carbocycles. The molecule has 0 saturated heterocycles. The molecule has 5 nitrogen and oxygen atoms in total. The van der Waals surface area contributed by atoms with E-state index in [1.807, 2.05) is 0 Å². The lowest BCUT2D eigenvalue weighted by molar-refractivity contribution is -0.137. The Labute approximate surface area is 149 Å². The van der Waals surface area contributed by atoms with E-state index in [0.29, 0.717) is 11.8 Å². The molecular weight excluding hydrogens is 382 g/mol. The summed E-state index contributed by atoms with van der Waals surface area (Å²) >= 11 is 11.3. The van der Waals surface area contributed by atoms with Gasteiger partial charge in [-0.1, -0.05) is 23.2 Å². The van der Waals surface area contributed by atoms with Crippen LogP contribution in [0.1, 0.15) is 5.56 Å². The number of hydrogen-bond acceptors (Lipinski definition) is 3. The van der Waals surface area contributed by atoms with Gasteiger partial charge in [0, 0.05) is 11.4 Å². The van der Waals surface area contributed by atoms with Crippen LogP contribution in [0.5, 0.6) is 0 Å². The third-order valence-corrected chi connectivity index (χ3v) is 3.62. The summed E-state index contributed by atoms with van der Waals surface area (Å²) in [5.74, 6) is -2.29. The molecule has 0 aliphatic rings. The molecule has 2 rings (SSSR count). The monoisotopic (exact) mass is 391 g/mol. The van der Waals surface area contributed by atoms with Gasteiger partial charge in [0.05, 0.1) is 21.3 Å². The third-order valence-electron chi connectivity index (χ3n) is 2.98. The van der Waals surface area contributed by atoms with Crippen LogP contribution in [-0.2, 0) is 15.8 Å². The number of nitrogen functional groups attached to an aromatic ring is 1. The SMILES string of the molecule is Nc1ccc(NC(=O)C(=O)Nc2ccc(Cl)c(C(F)(F)F)c2)c(Cl)c1. The predicted octanol–water partition coefficient (Wildman–Crippen LogP) is 4.17. The fourth-order valence-corrected chi connectivity index (χ4v) is 2.28. The average Bonchev–Trinajstić information content (AvgIpc) is 2.50. The summed E-state index contributed by atoms with van der Waals surface area (Å²) in [5, 5.41) is 3.86. The summed E-state index contributed by atoms with van der Waals surface area (Å²) in [5.41, 5.74) is 4.62. The smallest absolute Gasteiger partial charge is 0.399 e. The maximum Gasteiger partial charge on any atom is 0.417 e. The van der Waals surface area contributed by atoms with Crippen LogP contribution in [0.3, 0.4) is 0 Å². The van der Waals surface area contributed by atoms with Crippen molar-refractivity contribution in [1.29, 1.82) is 0 Å². The van der Waals surface area contributed by atoms with Gasteiger partial charge in [-0.05, 0) is 36.4 Å². The van der Waals surface area contributed by atoms with Crippen molar-refractivity contribution in [3.05, 3.63) is 52.0 Å². The van der Waals surface area contributed by atoms with Crippen molar-refractivity contribution in [1.82, 2.24) is 0 Å². The van der Waals surface area contributed by atoms with E-state index in [9.17, 15) is 22.8 Å². The van der Waals surface area contributed by atoms with E-state index in [0.717, 1.165) is 12.1 Å². The van der Waals surface area contributed by atoms with Crippen LogP contribution in [0.4, 0.5) is 30.2 Å². The Morgan fingerprint density at radius 2 is 1.56 bits per heavy atom. The van der Waals surface area contributed by atoms with E-state index < -0.39 is 28.6 Å². The Kier molecular flexibility index (Phi) is 5.44. The Balaban J connectivity index is 2.12. The Bertz CT molecular complexity index is 841. The molecule has 2 aromatic rings. The highest BCUT2D eigenvalue weighted by atomic mass is 35.5. The van der Waals surface area contributed by atoms with Crippen molar-refractivity contribution in [2.45, 2.75) is 6.18 Å². The van der Waals surface area contributed by atoms with Gasteiger partial charge in [0.1, 0.15) is 0 Å². The number of benzene rings is 2. The van der Waals surface area contributed by atoms with E-state index >= 15 is 0 Å². The van der Waals surface area contributed by atoms with Crippen molar-refractivity contribution in [3.8, 4) is 0 Å². The largest absolute Gasteiger partial charge is 0.417 e. The number of carbonyl (C=O) groups excluding carboxylic acids is 2. The molecule has 0 spiro atoms. The molecule has 0 bridgehead atoms. The number of hydrogen-bond donors (Lipinski definition) is 3. The zero-order chi connectivity index (χ0) is 18.8. The predicted molar refractivity (Wildman–Crippen MR) is 89.6 cm³/mol. The summed E-state index contributed by atoms with van der Waals surface area (Å²) in [6, 6.07) is 6.93. The van der Waals surface area contributed by atoms with Crippen LogP contribution in [0.25, 0.3) is 0 Å². The van der Waals surface area contributed by atoms with Gasteiger partial charge in [-0.15, -0.1) is 0 Å². The first kappa shape index (κ1) is 18.9. The lowest BCUT2D eigenvalue weighted by Crippen LogP contribution is -2.29. The standard InChI is InChI=1S/C15H10Cl2F3N3O2/c16-10-3-2-8(6-9(10)15(18,19)20)22-13(24)14(25)23-12-4-1-7(21)5-11(12)17/h1-6H,21H2,(H,22,24)(H,23,25). The summed E-state index contributed by atoms with van der Waals surface area (Å²) < 4.78 is 38.4. The number of nitrogens with one attached hydrogen (secondary N) is 2. The quantitative estimate of drug-likeness (QED) is 0.530. The second-order valence-electron chi connectivity index (χ2n) is 4.84. The van der Waals surface area contributed by atoms with Crippen LogP contribution < -0.4 is 16.4 Å². The van der Waals surface area contributed by atoms with E-state index in [-0.39, 0.29) is 16.4 Å². The van der Waals surface area contributed by atoms with Gasteiger partial charge in [-0.2, -0.15) is 13.2 Å². The fourth-order valence-electron chi connectivity index (χ4n) is 1.82. The molecule has 132 valence electrons. The molecule has 0 fully saturated rings. The minimum Gasteiger partial charge on any atom is -0.399 e. The van der Waals surface area contributed by atoms with E-state index in [4.69, 9.17) is 28.9 Å². The molecule has 4 N–H and O–H groups in total. The van der Waals surface area contributed by atoms with Crippen LogP contribution >= 0.6 is 23.2 Å². The van der Waals surface area contributed by atoms with Gasteiger partial charge in [0.2, 0.25) is 0 Å². The Hall–Kier alpha value is -2.45.